The van der Waals surface area contributed by atoms with Gasteiger partial charge in [-0.15, -0.1) is 0 Å². The van der Waals surface area contributed by atoms with Crippen LogP contribution in [-0.4, -0.2) is 0 Å². The van der Waals surface area contributed by atoms with Crippen LogP contribution in [0.25, 0.3) is 11.1 Å². The van der Waals surface area contributed by atoms with Gasteiger partial charge in [-0.1, -0.05) is 55.4 Å². The Morgan fingerprint density at radius 3 is 2.59 bits per heavy atom. The molecule has 0 heterocycles. The summed E-state index contributed by atoms with van der Waals surface area (Å²) in [5.41, 5.74) is 4.87. The van der Waals surface area contributed by atoms with Gasteiger partial charge in [-0.3, -0.25) is 0 Å². The van der Waals surface area contributed by atoms with Gasteiger partial charge in [0.1, 0.15) is 0 Å². The first-order chi connectivity index (χ1) is 8.20. The van der Waals surface area contributed by atoms with Gasteiger partial charge in [-0.25, -0.2) is 0 Å². The SMILES string of the molecule is C=C(CC)c1ccc(C2=CCCC(Cl)=C2)cc1. The largest absolute Gasteiger partial charge is 0.0952 e. The molecule has 1 aliphatic carbocycles. The van der Waals surface area contributed by atoms with Crippen LogP contribution >= 0.6 is 11.6 Å². The van der Waals surface area contributed by atoms with Crippen LogP contribution in [-0.2, 0) is 0 Å². The molecule has 1 heteroatoms. The standard InChI is InChI=1S/C16H17Cl/c1-3-12(2)13-7-9-14(10-8-13)15-5-4-6-16(17)11-15/h5,7-11H,2-4,6H2,1H3. The molecule has 0 fully saturated rings. The van der Waals surface area contributed by atoms with Crippen molar-refractivity contribution in [3.63, 3.8) is 0 Å². The van der Waals surface area contributed by atoms with E-state index in [1.807, 2.05) is 0 Å². The second-order valence-corrected chi connectivity index (χ2v) is 4.81. The van der Waals surface area contributed by atoms with E-state index >= 15 is 0 Å². The molecule has 0 aromatic heterocycles. The summed E-state index contributed by atoms with van der Waals surface area (Å²) in [6.07, 6.45) is 7.31. The van der Waals surface area contributed by atoms with Crippen molar-refractivity contribution in [2.75, 3.05) is 0 Å². The zero-order chi connectivity index (χ0) is 12.3. The summed E-state index contributed by atoms with van der Waals surface area (Å²) in [6, 6.07) is 8.57. The summed E-state index contributed by atoms with van der Waals surface area (Å²) >= 11 is 6.07. The minimum atomic E-state index is 0.949. The van der Waals surface area contributed by atoms with E-state index in [0.717, 1.165) is 24.3 Å². The van der Waals surface area contributed by atoms with Crippen molar-refractivity contribution in [2.24, 2.45) is 0 Å². The van der Waals surface area contributed by atoms with E-state index in [2.05, 4.69) is 49.9 Å². The number of hydrogen-bond acceptors (Lipinski definition) is 0. The zero-order valence-corrected chi connectivity index (χ0v) is 10.9. The van der Waals surface area contributed by atoms with Gasteiger partial charge in [0.25, 0.3) is 0 Å². The van der Waals surface area contributed by atoms with Crippen molar-refractivity contribution in [3.8, 4) is 0 Å². The Morgan fingerprint density at radius 2 is 2.00 bits per heavy atom. The molecule has 0 unspecified atom stereocenters. The number of halogens is 1. The van der Waals surface area contributed by atoms with Gasteiger partial charge in [0.2, 0.25) is 0 Å². The highest BCUT2D eigenvalue weighted by Gasteiger charge is 2.06. The van der Waals surface area contributed by atoms with E-state index in [1.54, 1.807) is 0 Å². The van der Waals surface area contributed by atoms with Gasteiger partial charge >= 0.3 is 0 Å². The van der Waals surface area contributed by atoms with Crippen LogP contribution < -0.4 is 0 Å². The maximum atomic E-state index is 6.07. The molecule has 0 saturated heterocycles. The first kappa shape index (κ1) is 12.2. The molecule has 17 heavy (non-hydrogen) atoms. The summed E-state index contributed by atoms with van der Waals surface area (Å²) < 4.78 is 0. The molecule has 0 amide bonds. The van der Waals surface area contributed by atoms with Crippen LogP contribution in [0.3, 0.4) is 0 Å². The van der Waals surface area contributed by atoms with Gasteiger partial charge in [0, 0.05) is 5.03 Å². The third-order valence-corrected chi connectivity index (χ3v) is 3.41. The Hall–Kier alpha value is -1.27. The number of benzene rings is 1. The fourth-order valence-corrected chi connectivity index (χ4v) is 2.20. The highest BCUT2D eigenvalue weighted by molar-refractivity contribution is 6.30. The number of rotatable bonds is 3. The Balaban J connectivity index is 2.24. The molecule has 0 spiro atoms. The Labute approximate surface area is 108 Å². The summed E-state index contributed by atoms with van der Waals surface area (Å²) in [7, 11) is 0. The minimum absolute atomic E-state index is 0.949. The lowest BCUT2D eigenvalue weighted by Crippen LogP contribution is -1.89. The van der Waals surface area contributed by atoms with Crippen LogP contribution in [0.2, 0.25) is 0 Å². The predicted octanol–water partition coefficient (Wildman–Crippen LogP) is 5.41. The summed E-state index contributed by atoms with van der Waals surface area (Å²) in [4.78, 5) is 0. The topological polar surface area (TPSA) is 0 Å². The molecular formula is C16H17Cl. The molecule has 0 atom stereocenters. The van der Waals surface area contributed by atoms with Gasteiger partial charge < -0.3 is 0 Å². The lowest BCUT2D eigenvalue weighted by atomic mass is 9.97. The summed E-state index contributed by atoms with van der Waals surface area (Å²) in [6.45, 7) is 6.18. The Morgan fingerprint density at radius 1 is 1.29 bits per heavy atom. The average molecular weight is 245 g/mol. The van der Waals surface area contributed by atoms with Crippen LogP contribution in [0.15, 0.2) is 48.0 Å². The molecule has 1 aliphatic rings. The van der Waals surface area contributed by atoms with Crippen molar-refractivity contribution in [1.82, 2.24) is 0 Å². The first-order valence-electron chi connectivity index (χ1n) is 6.05. The fraction of sp³-hybridized carbons (Fsp3) is 0.250. The third-order valence-electron chi connectivity index (χ3n) is 3.11. The molecule has 0 saturated carbocycles. The molecule has 0 bridgehead atoms. The lowest BCUT2D eigenvalue weighted by Gasteiger charge is -2.10. The molecule has 88 valence electrons. The first-order valence-corrected chi connectivity index (χ1v) is 6.43. The highest BCUT2D eigenvalue weighted by Crippen LogP contribution is 2.28. The molecule has 0 radical (unpaired) electrons. The van der Waals surface area contributed by atoms with E-state index in [9.17, 15) is 0 Å². The summed E-state index contributed by atoms with van der Waals surface area (Å²) in [5.74, 6) is 0. The third kappa shape index (κ3) is 2.89. The Kier molecular flexibility index (Phi) is 3.86. The van der Waals surface area contributed by atoms with E-state index in [1.165, 1.54) is 22.3 Å². The van der Waals surface area contributed by atoms with Gasteiger partial charge in [0.15, 0.2) is 0 Å². The Bertz CT molecular complexity index is 475. The monoisotopic (exact) mass is 244 g/mol. The zero-order valence-electron chi connectivity index (χ0n) is 10.2. The second kappa shape index (κ2) is 5.37. The maximum absolute atomic E-state index is 6.07. The molecular weight excluding hydrogens is 228 g/mol. The van der Waals surface area contributed by atoms with E-state index in [4.69, 9.17) is 11.6 Å². The maximum Gasteiger partial charge on any atom is 0.0190 e. The molecule has 1 aromatic rings. The van der Waals surface area contributed by atoms with E-state index in [-0.39, 0.29) is 0 Å². The van der Waals surface area contributed by atoms with E-state index < -0.39 is 0 Å². The van der Waals surface area contributed by atoms with E-state index in [0.29, 0.717) is 0 Å². The quantitative estimate of drug-likeness (QED) is 0.667. The van der Waals surface area contributed by atoms with Crippen molar-refractivity contribution in [3.05, 3.63) is 59.2 Å². The number of hydrogen-bond donors (Lipinski definition) is 0. The van der Waals surface area contributed by atoms with Crippen LogP contribution in [0, 0.1) is 0 Å². The van der Waals surface area contributed by atoms with Gasteiger partial charge in [-0.2, -0.15) is 0 Å². The van der Waals surface area contributed by atoms with Crippen LogP contribution in [0.4, 0.5) is 0 Å². The molecule has 0 aliphatic heterocycles. The van der Waals surface area contributed by atoms with Crippen molar-refractivity contribution >= 4 is 22.7 Å². The molecule has 0 nitrogen and oxygen atoms in total. The molecule has 2 rings (SSSR count). The molecule has 0 N–H and O–H groups in total. The highest BCUT2D eigenvalue weighted by atomic mass is 35.5. The van der Waals surface area contributed by atoms with Crippen LogP contribution in [0.5, 0.6) is 0 Å². The van der Waals surface area contributed by atoms with Gasteiger partial charge in [-0.05, 0) is 47.6 Å². The fourth-order valence-electron chi connectivity index (χ4n) is 1.97. The smallest absolute Gasteiger partial charge is 0.0190 e. The molecule has 1 aromatic carbocycles. The number of allylic oxidation sites excluding steroid dienone is 5. The van der Waals surface area contributed by atoms with Crippen molar-refractivity contribution < 1.29 is 0 Å². The summed E-state index contributed by atoms with van der Waals surface area (Å²) in [5, 5.41) is 0.949. The van der Waals surface area contributed by atoms with Gasteiger partial charge in [0.05, 0.1) is 0 Å². The minimum Gasteiger partial charge on any atom is -0.0952 e. The lowest BCUT2D eigenvalue weighted by molar-refractivity contribution is 1.02. The van der Waals surface area contributed by atoms with Crippen molar-refractivity contribution in [1.29, 1.82) is 0 Å². The average Bonchev–Trinajstić information content (AvgIpc) is 2.38. The van der Waals surface area contributed by atoms with Crippen molar-refractivity contribution in [2.45, 2.75) is 26.2 Å². The normalized spacial score (nSPS) is 15.2. The second-order valence-electron chi connectivity index (χ2n) is 4.32. The predicted molar refractivity (Wildman–Crippen MR) is 76.9 cm³/mol. The van der Waals surface area contributed by atoms with Crippen LogP contribution in [0.1, 0.15) is 37.3 Å².